The highest BCUT2D eigenvalue weighted by Gasteiger charge is 2.36. The summed E-state index contributed by atoms with van der Waals surface area (Å²) in [5.74, 6) is 0. The van der Waals surface area contributed by atoms with Crippen LogP contribution in [-0.4, -0.2) is 19.3 Å². The summed E-state index contributed by atoms with van der Waals surface area (Å²) in [6.07, 6.45) is -0.337. The maximum Gasteiger partial charge on any atom is 0.404 e. The summed E-state index contributed by atoms with van der Waals surface area (Å²) in [7, 11) is -3.64. The normalized spacial score (nSPS) is 24.7. The second kappa shape index (κ2) is 2.90. The Balaban J connectivity index is 2.27. The maximum absolute atomic E-state index is 10.2. The highest BCUT2D eigenvalue weighted by molar-refractivity contribution is 7.99. The quantitative estimate of drug-likeness (QED) is 0.495. The molecule has 0 atom stereocenters. The van der Waals surface area contributed by atoms with Gasteiger partial charge in [0.2, 0.25) is 0 Å². The molecule has 0 aromatic carbocycles. The lowest BCUT2D eigenvalue weighted by molar-refractivity contribution is -0.0802. The molecule has 0 amide bonds. The third kappa shape index (κ3) is 2.31. The highest BCUT2D eigenvalue weighted by atomic mass is 32.3. The Morgan fingerprint density at radius 2 is 1.90 bits per heavy atom. The highest BCUT2D eigenvalue weighted by Crippen LogP contribution is 2.24. The predicted octanol–water partition coefficient (Wildman–Crippen LogP) is 0.180. The Labute approximate surface area is 70.0 Å². The van der Waals surface area contributed by atoms with Crippen molar-refractivity contribution in [2.45, 2.75) is 17.3 Å². The Hall–Kier alpha value is 0.570. The molecule has 60 valence electrons. The second-order valence-corrected chi connectivity index (χ2v) is 4.60. The molecule has 1 aliphatic heterocycles. The van der Waals surface area contributed by atoms with Gasteiger partial charge in [0.05, 0.1) is 0 Å². The van der Waals surface area contributed by atoms with E-state index in [4.69, 9.17) is 0 Å². The van der Waals surface area contributed by atoms with Crippen molar-refractivity contribution in [2.75, 3.05) is 0 Å². The SMILES string of the molecule is O=S1(=O)OC(CC(S)S)O1. The van der Waals surface area contributed by atoms with Crippen LogP contribution in [0.1, 0.15) is 6.42 Å². The van der Waals surface area contributed by atoms with Crippen LogP contribution in [0.4, 0.5) is 0 Å². The van der Waals surface area contributed by atoms with Crippen molar-refractivity contribution in [2.24, 2.45) is 0 Å². The molecule has 0 saturated carbocycles. The van der Waals surface area contributed by atoms with Gasteiger partial charge in [-0.1, -0.05) is 0 Å². The molecule has 1 saturated heterocycles. The lowest BCUT2D eigenvalue weighted by atomic mass is 10.5. The average Bonchev–Trinajstić information content (AvgIpc) is 1.57. The number of rotatable bonds is 2. The zero-order valence-electron chi connectivity index (χ0n) is 4.80. The molecule has 7 heteroatoms. The van der Waals surface area contributed by atoms with Crippen molar-refractivity contribution in [3.05, 3.63) is 0 Å². The fourth-order valence-corrected chi connectivity index (χ4v) is 1.56. The van der Waals surface area contributed by atoms with Gasteiger partial charge in [-0.2, -0.15) is 33.7 Å². The van der Waals surface area contributed by atoms with Gasteiger partial charge in [0.25, 0.3) is 0 Å². The summed E-state index contributed by atoms with van der Waals surface area (Å²) in [6.45, 7) is 0. The number of hydrogen-bond acceptors (Lipinski definition) is 6. The molecule has 1 rings (SSSR count). The fourth-order valence-electron chi connectivity index (χ4n) is 0.521. The molecule has 1 aliphatic rings. The van der Waals surface area contributed by atoms with E-state index in [0.717, 1.165) is 0 Å². The summed E-state index contributed by atoms with van der Waals surface area (Å²) < 4.78 is 28.7. The van der Waals surface area contributed by atoms with Gasteiger partial charge in [-0.05, 0) is 0 Å². The Kier molecular flexibility index (Phi) is 2.51. The van der Waals surface area contributed by atoms with Gasteiger partial charge in [0, 0.05) is 11.0 Å². The maximum atomic E-state index is 10.2. The predicted molar refractivity (Wildman–Crippen MR) is 41.3 cm³/mol. The molecule has 0 N–H and O–H groups in total. The lowest BCUT2D eigenvalue weighted by Gasteiger charge is -2.25. The molecule has 0 aromatic rings. The van der Waals surface area contributed by atoms with Crippen molar-refractivity contribution < 1.29 is 16.8 Å². The van der Waals surface area contributed by atoms with Crippen molar-refractivity contribution >= 4 is 35.7 Å². The smallest absolute Gasteiger partial charge is 0.215 e. The molecule has 0 aliphatic carbocycles. The van der Waals surface area contributed by atoms with E-state index >= 15 is 0 Å². The fraction of sp³-hybridized carbons (Fsp3) is 1.00. The molecule has 1 fully saturated rings. The first-order chi connectivity index (χ1) is 4.49. The van der Waals surface area contributed by atoms with E-state index in [1.54, 1.807) is 0 Å². The minimum absolute atomic E-state index is 0.222. The minimum atomic E-state index is -3.64. The van der Waals surface area contributed by atoms with E-state index in [1.165, 1.54) is 0 Å². The van der Waals surface area contributed by atoms with Crippen LogP contribution < -0.4 is 0 Å². The van der Waals surface area contributed by atoms with Crippen molar-refractivity contribution in [1.82, 2.24) is 0 Å². The molecule has 0 aromatic heterocycles. The van der Waals surface area contributed by atoms with Crippen LogP contribution in [0, 0.1) is 0 Å². The Morgan fingerprint density at radius 1 is 1.40 bits per heavy atom. The van der Waals surface area contributed by atoms with E-state index in [1.807, 2.05) is 0 Å². The van der Waals surface area contributed by atoms with E-state index in [-0.39, 0.29) is 4.58 Å². The summed E-state index contributed by atoms with van der Waals surface area (Å²) in [5, 5.41) is 0. The van der Waals surface area contributed by atoms with Gasteiger partial charge < -0.3 is 0 Å². The molecule has 0 bridgehead atoms. The molecule has 0 radical (unpaired) electrons. The third-order valence-corrected chi connectivity index (χ3v) is 2.18. The van der Waals surface area contributed by atoms with Crippen LogP contribution >= 0.6 is 25.3 Å². The van der Waals surface area contributed by atoms with Gasteiger partial charge in [-0.15, -0.1) is 0 Å². The van der Waals surface area contributed by atoms with Crippen molar-refractivity contribution in [3.8, 4) is 0 Å². The molecule has 10 heavy (non-hydrogen) atoms. The van der Waals surface area contributed by atoms with Crippen LogP contribution in [0.3, 0.4) is 0 Å². The zero-order valence-corrected chi connectivity index (χ0v) is 7.40. The minimum Gasteiger partial charge on any atom is -0.215 e. The first kappa shape index (κ1) is 8.66. The number of hydrogen-bond donors (Lipinski definition) is 2. The lowest BCUT2D eigenvalue weighted by Crippen LogP contribution is -2.37. The standard InChI is InChI=1S/C3H6O4S3/c4-10(5)6-2(7-10)1-3(8)9/h2-3,8-9H,1H2. The monoisotopic (exact) mass is 202 g/mol. The van der Waals surface area contributed by atoms with Crippen LogP contribution in [-0.2, 0) is 18.8 Å². The topological polar surface area (TPSA) is 52.6 Å². The van der Waals surface area contributed by atoms with Crippen LogP contribution in [0.5, 0.6) is 0 Å². The summed E-state index contributed by atoms with van der Waals surface area (Å²) in [4.78, 5) is 0. The van der Waals surface area contributed by atoms with Gasteiger partial charge in [-0.25, -0.2) is 8.37 Å². The Morgan fingerprint density at radius 3 is 2.20 bits per heavy atom. The van der Waals surface area contributed by atoms with Crippen LogP contribution in [0.2, 0.25) is 0 Å². The van der Waals surface area contributed by atoms with Gasteiger partial charge in [-0.3, -0.25) is 0 Å². The first-order valence-electron chi connectivity index (χ1n) is 2.47. The summed E-state index contributed by atoms with van der Waals surface area (Å²) >= 11 is 7.78. The van der Waals surface area contributed by atoms with Crippen molar-refractivity contribution in [1.29, 1.82) is 0 Å². The van der Waals surface area contributed by atoms with E-state index in [2.05, 4.69) is 33.6 Å². The van der Waals surface area contributed by atoms with Gasteiger partial charge >= 0.3 is 10.4 Å². The van der Waals surface area contributed by atoms with Crippen LogP contribution in [0.15, 0.2) is 0 Å². The van der Waals surface area contributed by atoms with Gasteiger partial charge in [0.1, 0.15) is 0 Å². The third-order valence-electron chi connectivity index (χ3n) is 0.854. The Bertz CT molecular complexity index is 196. The van der Waals surface area contributed by atoms with E-state index in [0.29, 0.717) is 6.42 Å². The molecular formula is C3H6O4S3. The van der Waals surface area contributed by atoms with E-state index < -0.39 is 16.7 Å². The summed E-state index contributed by atoms with van der Waals surface area (Å²) in [6, 6.07) is 0. The largest absolute Gasteiger partial charge is 0.404 e. The zero-order chi connectivity index (χ0) is 7.78. The van der Waals surface area contributed by atoms with E-state index in [9.17, 15) is 8.42 Å². The molecule has 1 heterocycles. The molecule has 0 spiro atoms. The average molecular weight is 202 g/mol. The first-order valence-corrected chi connectivity index (χ1v) is 4.84. The second-order valence-electron chi connectivity index (χ2n) is 1.75. The van der Waals surface area contributed by atoms with Gasteiger partial charge in [0.15, 0.2) is 6.29 Å². The van der Waals surface area contributed by atoms with Crippen LogP contribution in [0.25, 0.3) is 0 Å². The summed E-state index contributed by atoms with van der Waals surface area (Å²) in [5.41, 5.74) is 0. The molecule has 0 unspecified atom stereocenters. The molecular weight excluding hydrogens is 196 g/mol. The number of thiol groups is 2. The molecule has 4 nitrogen and oxygen atoms in total. The van der Waals surface area contributed by atoms with Crippen molar-refractivity contribution in [3.63, 3.8) is 0 Å².